The number of aromatic nitrogens is 2. The molecule has 0 bridgehead atoms. The molecule has 1 aliphatic rings. The lowest BCUT2D eigenvalue weighted by atomic mass is 10.2. The third-order valence-electron chi connectivity index (χ3n) is 3.06. The fraction of sp³-hybridized carbons (Fsp3) is 0.583. The van der Waals surface area contributed by atoms with Crippen molar-refractivity contribution in [1.29, 1.82) is 0 Å². The average Bonchev–Trinajstić information content (AvgIpc) is 2.60. The van der Waals surface area contributed by atoms with E-state index in [-0.39, 0.29) is 5.69 Å². The molecule has 0 aliphatic carbocycles. The number of carbonyl (C=O) groups is 1. The Bertz CT molecular complexity index is 431. The molecule has 5 nitrogen and oxygen atoms in total. The van der Waals surface area contributed by atoms with E-state index < -0.39 is 5.97 Å². The van der Waals surface area contributed by atoms with Gasteiger partial charge in [-0.1, -0.05) is 12.8 Å². The molecule has 6 heteroatoms. The Morgan fingerprint density at radius 1 is 1.33 bits per heavy atom. The highest BCUT2D eigenvalue weighted by Gasteiger charge is 2.15. The highest BCUT2D eigenvalue weighted by molar-refractivity contribution is 9.10. The van der Waals surface area contributed by atoms with Crippen molar-refractivity contribution in [2.45, 2.75) is 32.2 Å². The van der Waals surface area contributed by atoms with E-state index in [0.29, 0.717) is 16.8 Å². The number of hydrogen-bond acceptors (Lipinski definition) is 4. The van der Waals surface area contributed by atoms with Gasteiger partial charge in [0.05, 0.1) is 11.0 Å². The maximum Gasteiger partial charge on any atom is 0.355 e. The summed E-state index contributed by atoms with van der Waals surface area (Å²) in [6.45, 7) is 2.72. The summed E-state index contributed by atoms with van der Waals surface area (Å²) in [6, 6.07) is 0. The van der Waals surface area contributed by atoms with E-state index in [1.165, 1.54) is 31.9 Å². The van der Waals surface area contributed by atoms with Crippen LogP contribution in [0.5, 0.6) is 0 Å². The van der Waals surface area contributed by atoms with Gasteiger partial charge in [-0.05, 0) is 41.9 Å². The Kier molecular flexibility index (Phi) is 4.66. The van der Waals surface area contributed by atoms with Gasteiger partial charge in [0, 0.05) is 6.20 Å². The Hall–Kier alpha value is -1.01. The quantitative estimate of drug-likeness (QED) is 0.927. The zero-order valence-corrected chi connectivity index (χ0v) is 11.7. The summed E-state index contributed by atoms with van der Waals surface area (Å²) in [4.78, 5) is 21.6. The third kappa shape index (κ3) is 3.49. The molecule has 1 N–H and O–H groups in total. The largest absolute Gasteiger partial charge is 0.476 e. The van der Waals surface area contributed by atoms with E-state index in [1.807, 2.05) is 0 Å². The molecule has 2 rings (SSSR count). The second kappa shape index (κ2) is 6.24. The van der Waals surface area contributed by atoms with Gasteiger partial charge in [0.2, 0.25) is 0 Å². The fourth-order valence-electron chi connectivity index (χ4n) is 2.12. The molecule has 98 valence electrons. The molecule has 0 amide bonds. The molecule has 1 fully saturated rings. The van der Waals surface area contributed by atoms with Gasteiger partial charge in [-0.3, -0.25) is 4.90 Å². The van der Waals surface area contributed by atoms with Gasteiger partial charge in [-0.2, -0.15) is 0 Å². The summed E-state index contributed by atoms with van der Waals surface area (Å²) < 4.78 is 0.426. The van der Waals surface area contributed by atoms with Crippen LogP contribution in [0.1, 0.15) is 42.0 Å². The molecule has 0 unspecified atom stereocenters. The van der Waals surface area contributed by atoms with E-state index in [9.17, 15) is 4.79 Å². The number of carboxylic acid groups (broad SMARTS) is 1. The topological polar surface area (TPSA) is 66.3 Å². The lowest BCUT2D eigenvalue weighted by Gasteiger charge is -2.18. The predicted molar refractivity (Wildman–Crippen MR) is 70.4 cm³/mol. The Morgan fingerprint density at radius 2 is 2.00 bits per heavy atom. The summed E-state index contributed by atoms with van der Waals surface area (Å²) in [5.41, 5.74) is 0.0369. The summed E-state index contributed by atoms with van der Waals surface area (Å²) >= 11 is 3.15. The zero-order valence-electron chi connectivity index (χ0n) is 10.1. The first-order valence-corrected chi connectivity index (χ1v) is 6.93. The third-order valence-corrected chi connectivity index (χ3v) is 3.64. The molecular formula is C12H16BrN3O2. The van der Waals surface area contributed by atoms with Gasteiger partial charge in [0.1, 0.15) is 5.82 Å². The second-order valence-corrected chi connectivity index (χ2v) is 5.33. The molecule has 1 saturated heterocycles. The molecule has 0 saturated carbocycles. The highest BCUT2D eigenvalue weighted by Crippen LogP contribution is 2.15. The number of hydrogen-bond donors (Lipinski definition) is 1. The maximum absolute atomic E-state index is 11.0. The summed E-state index contributed by atoms with van der Waals surface area (Å²) in [6.07, 6.45) is 6.46. The lowest BCUT2D eigenvalue weighted by molar-refractivity contribution is 0.0688. The first-order chi connectivity index (χ1) is 8.66. The minimum atomic E-state index is -1.03. The summed E-state index contributed by atoms with van der Waals surface area (Å²) in [5.74, 6) is -0.445. The van der Waals surface area contributed by atoms with Crippen molar-refractivity contribution in [3.63, 3.8) is 0 Å². The molecule has 0 atom stereocenters. The first-order valence-electron chi connectivity index (χ1n) is 6.14. The SMILES string of the molecule is O=C(O)c1nc(CN2CCCCCC2)ncc1Br. The van der Waals surface area contributed by atoms with Crippen molar-refractivity contribution in [1.82, 2.24) is 14.9 Å². The Balaban J connectivity index is 2.08. The molecule has 1 aromatic rings. The normalized spacial score (nSPS) is 17.4. The van der Waals surface area contributed by atoms with Crippen LogP contribution in [0.2, 0.25) is 0 Å². The predicted octanol–water partition coefficient (Wildman–Crippen LogP) is 2.31. The molecule has 0 radical (unpaired) electrons. The van der Waals surface area contributed by atoms with E-state index in [0.717, 1.165) is 13.1 Å². The van der Waals surface area contributed by atoms with Crippen molar-refractivity contribution in [2.24, 2.45) is 0 Å². The number of carboxylic acids is 1. The van der Waals surface area contributed by atoms with Crippen LogP contribution < -0.4 is 0 Å². The minimum absolute atomic E-state index is 0.0369. The van der Waals surface area contributed by atoms with Crippen LogP contribution in [-0.4, -0.2) is 39.0 Å². The van der Waals surface area contributed by atoms with Crippen molar-refractivity contribution in [3.8, 4) is 0 Å². The number of likely N-dealkylation sites (tertiary alicyclic amines) is 1. The van der Waals surface area contributed by atoms with E-state index in [4.69, 9.17) is 5.11 Å². The van der Waals surface area contributed by atoms with E-state index in [2.05, 4.69) is 30.8 Å². The van der Waals surface area contributed by atoms with Crippen LogP contribution in [0.4, 0.5) is 0 Å². The smallest absolute Gasteiger partial charge is 0.355 e. The van der Waals surface area contributed by atoms with Gasteiger partial charge in [0.25, 0.3) is 0 Å². The standard InChI is InChI=1S/C12H16BrN3O2/c13-9-7-14-10(15-11(9)12(17)18)8-16-5-3-1-2-4-6-16/h7H,1-6,8H2,(H,17,18). The molecular weight excluding hydrogens is 298 g/mol. The second-order valence-electron chi connectivity index (χ2n) is 4.48. The number of rotatable bonds is 3. The van der Waals surface area contributed by atoms with Crippen LogP contribution in [-0.2, 0) is 6.54 Å². The molecule has 0 aromatic carbocycles. The minimum Gasteiger partial charge on any atom is -0.476 e. The highest BCUT2D eigenvalue weighted by atomic mass is 79.9. The summed E-state index contributed by atoms with van der Waals surface area (Å²) in [5, 5.41) is 9.01. The Labute approximate surface area is 114 Å². The van der Waals surface area contributed by atoms with Crippen LogP contribution >= 0.6 is 15.9 Å². The maximum atomic E-state index is 11.0. The number of aromatic carboxylic acids is 1. The Morgan fingerprint density at radius 3 is 2.61 bits per heavy atom. The van der Waals surface area contributed by atoms with Crippen LogP contribution in [0.25, 0.3) is 0 Å². The van der Waals surface area contributed by atoms with Gasteiger partial charge < -0.3 is 5.11 Å². The first kappa shape index (κ1) is 13.4. The zero-order chi connectivity index (χ0) is 13.0. The molecule has 0 spiro atoms. The van der Waals surface area contributed by atoms with Crippen LogP contribution in [0.15, 0.2) is 10.7 Å². The summed E-state index contributed by atoms with van der Waals surface area (Å²) in [7, 11) is 0. The van der Waals surface area contributed by atoms with Crippen molar-refractivity contribution < 1.29 is 9.90 Å². The molecule has 1 aromatic heterocycles. The van der Waals surface area contributed by atoms with Gasteiger partial charge in [-0.25, -0.2) is 14.8 Å². The molecule has 2 heterocycles. The monoisotopic (exact) mass is 313 g/mol. The van der Waals surface area contributed by atoms with Crippen molar-refractivity contribution in [3.05, 3.63) is 22.2 Å². The molecule has 1 aliphatic heterocycles. The van der Waals surface area contributed by atoms with Gasteiger partial charge in [-0.15, -0.1) is 0 Å². The lowest BCUT2D eigenvalue weighted by Crippen LogP contribution is -2.25. The molecule has 18 heavy (non-hydrogen) atoms. The number of halogens is 1. The fourth-order valence-corrected chi connectivity index (χ4v) is 2.48. The average molecular weight is 314 g/mol. The van der Waals surface area contributed by atoms with Gasteiger partial charge in [0.15, 0.2) is 5.69 Å². The van der Waals surface area contributed by atoms with E-state index in [1.54, 1.807) is 0 Å². The van der Waals surface area contributed by atoms with Crippen LogP contribution in [0.3, 0.4) is 0 Å². The van der Waals surface area contributed by atoms with Crippen LogP contribution in [0, 0.1) is 0 Å². The van der Waals surface area contributed by atoms with E-state index >= 15 is 0 Å². The van der Waals surface area contributed by atoms with Gasteiger partial charge >= 0.3 is 5.97 Å². The van der Waals surface area contributed by atoms with Crippen molar-refractivity contribution in [2.75, 3.05) is 13.1 Å². The van der Waals surface area contributed by atoms with Crippen molar-refractivity contribution >= 4 is 21.9 Å². The number of nitrogens with zero attached hydrogens (tertiary/aromatic N) is 3.